The van der Waals surface area contributed by atoms with Crippen LogP contribution in [0.25, 0.3) is 0 Å². The first-order valence-electron chi connectivity index (χ1n) is 9.79. The van der Waals surface area contributed by atoms with E-state index >= 15 is 0 Å². The number of hydrogen-bond donors (Lipinski definition) is 1. The monoisotopic (exact) mass is 403 g/mol. The molecule has 0 bridgehead atoms. The number of nitrogens with zero attached hydrogens (tertiary/aromatic N) is 2. The second-order valence-corrected chi connectivity index (χ2v) is 7.03. The fourth-order valence-corrected chi connectivity index (χ4v) is 3.59. The Balaban J connectivity index is 0.00000280. The number of halogens is 1. The molecule has 0 saturated carbocycles. The summed E-state index contributed by atoms with van der Waals surface area (Å²) in [5.74, 6) is 1.05. The van der Waals surface area contributed by atoms with Crippen LogP contribution in [0.4, 0.5) is 0 Å². The number of pyridine rings is 1. The molecule has 6 heteroatoms. The van der Waals surface area contributed by atoms with E-state index in [1.165, 1.54) is 0 Å². The molecule has 0 spiro atoms. The molecule has 28 heavy (non-hydrogen) atoms. The number of hydrogen-bond acceptors (Lipinski definition) is 4. The first-order valence-corrected chi connectivity index (χ1v) is 9.79. The number of amides is 1. The molecular weight excluding hydrogens is 374 g/mol. The molecule has 1 amide bonds. The van der Waals surface area contributed by atoms with Crippen LogP contribution in [-0.2, 0) is 17.8 Å². The highest BCUT2D eigenvalue weighted by atomic mass is 35.5. The van der Waals surface area contributed by atoms with Crippen molar-refractivity contribution in [1.29, 1.82) is 0 Å². The summed E-state index contributed by atoms with van der Waals surface area (Å²) in [6.07, 6.45) is 6.21. The molecule has 3 rings (SSSR count). The summed E-state index contributed by atoms with van der Waals surface area (Å²) in [5, 5.41) is 3.44. The number of aromatic nitrogens is 1. The van der Waals surface area contributed by atoms with E-state index in [4.69, 9.17) is 4.74 Å². The molecule has 1 saturated heterocycles. The normalized spacial score (nSPS) is 16.5. The zero-order valence-electron chi connectivity index (χ0n) is 16.5. The van der Waals surface area contributed by atoms with Gasteiger partial charge in [-0.15, -0.1) is 12.4 Å². The summed E-state index contributed by atoms with van der Waals surface area (Å²) in [6.45, 7) is 2.59. The summed E-state index contributed by atoms with van der Waals surface area (Å²) >= 11 is 0. The van der Waals surface area contributed by atoms with Gasteiger partial charge in [0.15, 0.2) is 0 Å². The fourth-order valence-electron chi connectivity index (χ4n) is 3.59. The topological polar surface area (TPSA) is 54.5 Å². The van der Waals surface area contributed by atoms with E-state index in [1.807, 2.05) is 42.5 Å². The zero-order chi connectivity index (χ0) is 18.9. The average Bonchev–Trinajstić information content (AvgIpc) is 3.01. The van der Waals surface area contributed by atoms with Gasteiger partial charge in [-0.1, -0.05) is 18.2 Å². The standard InChI is InChI=1S/C22H29N3O2.ClH/c1-27-21-10-7-18(8-11-21)9-12-22(26)25(17-19-5-2-3-15-24-19)20-6-4-14-23-16-13-20;/h2-3,5,7-8,10-11,15,20,23H,4,6,9,12-14,16-17H2,1H3;1H. The maximum atomic E-state index is 13.1. The molecule has 1 aromatic heterocycles. The van der Waals surface area contributed by atoms with E-state index in [-0.39, 0.29) is 24.4 Å². The van der Waals surface area contributed by atoms with E-state index in [2.05, 4.69) is 15.2 Å². The minimum Gasteiger partial charge on any atom is -0.497 e. The number of benzene rings is 1. The lowest BCUT2D eigenvalue weighted by molar-refractivity contribution is -0.134. The molecule has 152 valence electrons. The maximum Gasteiger partial charge on any atom is 0.223 e. The van der Waals surface area contributed by atoms with Crippen molar-refractivity contribution in [1.82, 2.24) is 15.2 Å². The van der Waals surface area contributed by atoms with Crippen LogP contribution in [0.2, 0.25) is 0 Å². The molecule has 0 radical (unpaired) electrons. The molecule has 1 fully saturated rings. The smallest absolute Gasteiger partial charge is 0.223 e. The third-order valence-electron chi connectivity index (χ3n) is 5.15. The van der Waals surface area contributed by atoms with Crippen molar-refractivity contribution >= 4 is 18.3 Å². The van der Waals surface area contributed by atoms with Crippen LogP contribution >= 0.6 is 12.4 Å². The van der Waals surface area contributed by atoms with Crippen LogP contribution in [0.3, 0.4) is 0 Å². The maximum absolute atomic E-state index is 13.1. The molecular formula is C22H30ClN3O2. The molecule has 2 heterocycles. The Hall–Kier alpha value is -2.11. The minimum absolute atomic E-state index is 0. The molecule has 0 aliphatic carbocycles. The molecule has 1 N–H and O–H groups in total. The number of ether oxygens (including phenoxy) is 1. The number of methoxy groups -OCH3 is 1. The Morgan fingerprint density at radius 1 is 1.18 bits per heavy atom. The molecule has 1 aromatic carbocycles. The Morgan fingerprint density at radius 3 is 2.71 bits per heavy atom. The van der Waals surface area contributed by atoms with Gasteiger partial charge in [0, 0.05) is 18.7 Å². The van der Waals surface area contributed by atoms with Crippen molar-refractivity contribution in [3.05, 3.63) is 59.9 Å². The van der Waals surface area contributed by atoms with Crippen LogP contribution in [0, 0.1) is 0 Å². The lowest BCUT2D eigenvalue weighted by Gasteiger charge is -2.31. The van der Waals surface area contributed by atoms with Gasteiger partial charge in [0.2, 0.25) is 5.91 Å². The van der Waals surface area contributed by atoms with Gasteiger partial charge in [-0.3, -0.25) is 9.78 Å². The van der Waals surface area contributed by atoms with Crippen molar-refractivity contribution in [2.75, 3.05) is 20.2 Å². The van der Waals surface area contributed by atoms with Gasteiger partial charge in [0.1, 0.15) is 5.75 Å². The van der Waals surface area contributed by atoms with E-state index in [0.29, 0.717) is 13.0 Å². The molecule has 5 nitrogen and oxygen atoms in total. The van der Waals surface area contributed by atoms with Gasteiger partial charge in [-0.2, -0.15) is 0 Å². The van der Waals surface area contributed by atoms with Crippen LogP contribution in [0.15, 0.2) is 48.7 Å². The van der Waals surface area contributed by atoms with Crippen molar-refractivity contribution < 1.29 is 9.53 Å². The third-order valence-corrected chi connectivity index (χ3v) is 5.15. The van der Waals surface area contributed by atoms with Crippen LogP contribution in [-0.4, -0.2) is 42.0 Å². The van der Waals surface area contributed by atoms with Crippen molar-refractivity contribution in [2.24, 2.45) is 0 Å². The molecule has 2 aromatic rings. The minimum atomic E-state index is 0. The Bertz CT molecular complexity index is 701. The highest BCUT2D eigenvalue weighted by Crippen LogP contribution is 2.19. The van der Waals surface area contributed by atoms with Crippen molar-refractivity contribution in [3.63, 3.8) is 0 Å². The summed E-state index contributed by atoms with van der Waals surface area (Å²) < 4.78 is 5.20. The first-order chi connectivity index (χ1) is 13.3. The Morgan fingerprint density at radius 2 is 2.00 bits per heavy atom. The molecule has 1 unspecified atom stereocenters. The zero-order valence-corrected chi connectivity index (χ0v) is 17.3. The summed E-state index contributed by atoms with van der Waals surface area (Å²) in [7, 11) is 1.66. The van der Waals surface area contributed by atoms with E-state index in [0.717, 1.165) is 55.8 Å². The van der Waals surface area contributed by atoms with Crippen LogP contribution < -0.4 is 10.1 Å². The molecule has 1 atom stereocenters. The summed E-state index contributed by atoms with van der Waals surface area (Å²) in [4.78, 5) is 19.6. The van der Waals surface area contributed by atoms with Crippen LogP contribution in [0.1, 0.15) is 36.9 Å². The quantitative estimate of drug-likeness (QED) is 0.767. The summed E-state index contributed by atoms with van der Waals surface area (Å²) in [5.41, 5.74) is 2.11. The van der Waals surface area contributed by atoms with E-state index < -0.39 is 0 Å². The first kappa shape index (κ1) is 22.2. The number of aryl methyl sites for hydroxylation is 1. The van der Waals surface area contributed by atoms with Crippen LogP contribution in [0.5, 0.6) is 5.75 Å². The second kappa shape index (κ2) is 11.7. The SMILES string of the molecule is COc1ccc(CCC(=O)N(Cc2ccccn2)C2CCCNCC2)cc1.Cl. The lowest BCUT2D eigenvalue weighted by Crippen LogP contribution is -2.40. The number of rotatable bonds is 7. The van der Waals surface area contributed by atoms with Gasteiger partial charge in [0.05, 0.1) is 19.3 Å². The third kappa shape index (κ3) is 6.50. The van der Waals surface area contributed by atoms with E-state index in [9.17, 15) is 4.79 Å². The van der Waals surface area contributed by atoms with Gasteiger partial charge in [-0.05, 0) is 68.6 Å². The number of carbonyl (C=O) groups excluding carboxylic acids is 1. The predicted octanol–water partition coefficient (Wildman–Crippen LogP) is 3.62. The van der Waals surface area contributed by atoms with Gasteiger partial charge < -0.3 is 15.0 Å². The average molecular weight is 404 g/mol. The van der Waals surface area contributed by atoms with Crippen molar-refractivity contribution in [2.45, 2.75) is 44.7 Å². The number of nitrogens with one attached hydrogen (secondary N) is 1. The van der Waals surface area contributed by atoms with Gasteiger partial charge in [0.25, 0.3) is 0 Å². The highest BCUT2D eigenvalue weighted by Gasteiger charge is 2.24. The van der Waals surface area contributed by atoms with Gasteiger partial charge >= 0.3 is 0 Å². The lowest BCUT2D eigenvalue weighted by atomic mass is 10.0. The molecule has 1 aliphatic rings. The Labute approximate surface area is 173 Å². The molecule has 1 aliphatic heterocycles. The van der Waals surface area contributed by atoms with E-state index in [1.54, 1.807) is 13.3 Å². The summed E-state index contributed by atoms with van der Waals surface area (Å²) in [6, 6.07) is 14.1. The largest absolute Gasteiger partial charge is 0.497 e. The number of carbonyl (C=O) groups is 1. The van der Waals surface area contributed by atoms with Gasteiger partial charge in [-0.25, -0.2) is 0 Å². The second-order valence-electron chi connectivity index (χ2n) is 7.03. The highest BCUT2D eigenvalue weighted by molar-refractivity contribution is 5.85. The Kier molecular flexibility index (Phi) is 9.24. The fraction of sp³-hybridized carbons (Fsp3) is 0.455. The van der Waals surface area contributed by atoms with Crippen molar-refractivity contribution in [3.8, 4) is 5.75 Å². The predicted molar refractivity (Wildman–Crippen MR) is 114 cm³/mol.